The zero-order valence-corrected chi connectivity index (χ0v) is 15.0. The number of aromatic nitrogens is 2. The van der Waals surface area contributed by atoms with Gasteiger partial charge in [0.2, 0.25) is 0 Å². The van der Waals surface area contributed by atoms with Crippen LogP contribution >= 0.6 is 23.2 Å². The van der Waals surface area contributed by atoms with E-state index in [1.54, 1.807) is 23.1 Å². The van der Waals surface area contributed by atoms with Gasteiger partial charge in [-0.25, -0.2) is 4.98 Å². The number of nitrogens with two attached hydrogens (primary N) is 1. The van der Waals surface area contributed by atoms with Gasteiger partial charge in [0.05, 0.1) is 0 Å². The first-order valence-electron chi connectivity index (χ1n) is 8.06. The Labute approximate surface area is 155 Å². The van der Waals surface area contributed by atoms with Gasteiger partial charge in [0.15, 0.2) is 0 Å². The molecule has 2 heterocycles. The number of benzene rings is 1. The van der Waals surface area contributed by atoms with E-state index < -0.39 is 5.56 Å². The number of rotatable bonds is 3. The highest BCUT2D eigenvalue weighted by Crippen LogP contribution is 2.24. The standard InChI is InChI=1S/C17H18Cl2N4O2/c18-11-5-10(6-12(19)7-11)15-21-9-14(16(24)22-15)17(25)23-4-2-1-3-13(23)8-20/h5-7,9,13H,1-4,8,20H2,(H,21,22,24). The van der Waals surface area contributed by atoms with Crippen molar-refractivity contribution in [3.63, 3.8) is 0 Å². The summed E-state index contributed by atoms with van der Waals surface area (Å²) in [6, 6.07) is 4.84. The van der Waals surface area contributed by atoms with E-state index in [9.17, 15) is 9.59 Å². The zero-order valence-electron chi connectivity index (χ0n) is 13.5. The van der Waals surface area contributed by atoms with Crippen LogP contribution in [0.2, 0.25) is 10.0 Å². The molecule has 0 spiro atoms. The third-order valence-corrected chi connectivity index (χ3v) is 4.76. The largest absolute Gasteiger partial charge is 0.334 e. The Bertz CT molecular complexity index is 833. The highest BCUT2D eigenvalue weighted by Gasteiger charge is 2.28. The van der Waals surface area contributed by atoms with Crippen molar-refractivity contribution in [1.29, 1.82) is 0 Å². The van der Waals surface area contributed by atoms with E-state index >= 15 is 0 Å². The molecule has 25 heavy (non-hydrogen) atoms. The minimum atomic E-state index is -0.493. The molecule has 1 fully saturated rings. The van der Waals surface area contributed by atoms with Crippen molar-refractivity contribution in [2.75, 3.05) is 13.1 Å². The van der Waals surface area contributed by atoms with Crippen molar-refractivity contribution in [2.45, 2.75) is 25.3 Å². The van der Waals surface area contributed by atoms with Crippen LogP contribution in [0.15, 0.2) is 29.2 Å². The summed E-state index contributed by atoms with van der Waals surface area (Å²) >= 11 is 12.0. The lowest BCUT2D eigenvalue weighted by Crippen LogP contribution is -2.48. The summed E-state index contributed by atoms with van der Waals surface area (Å²) in [5.41, 5.74) is 5.85. The fourth-order valence-corrected chi connectivity index (χ4v) is 3.58. The quantitative estimate of drug-likeness (QED) is 0.855. The van der Waals surface area contributed by atoms with Crippen LogP contribution in [0.4, 0.5) is 0 Å². The molecule has 0 bridgehead atoms. The minimum absolute atomic E-state index is 0.0113. The van der Waals surface area contributed by atoms with Crippen molar-refractivity contribution in [3.05, 3.63) is 50.4 Å². The average Bonchev–Trinajstić information content (AvgIpc) is 2.60. The molecule has 1 saturated heterocycles. The summed E-state index contributed by atoms with van der Waals surface area (Å²) in [6.45, 7) is 0.988. The van der Waals surface area contributed by atoms with Crippen LogP contribution in [0.25, 0.3) is 11.4 Å². The predicted octanol–water partition coefficient (Wildman–Crippen LogP) is 2.70. The van der Waals surface area contributed by atoms with Gasteiger partial charge in [-0.3, -0.25) is 9.59 Å². The van der Waals surface area contributed by atoms with E-state index in [4.69, 9.17) is 28.9 Å². The number of hydrogen-bond acceptors (Lipinski definition) is 4. The second-order valence-electron chi connectivity index (χ2n) is 6.02. The molecule has 0 saturated carbocycles. The van der Waals surface area contributed by atoms with E-state index in [1.807, 2.05) is 0 Å². The Morgan fingerprint density at radius 2 is 2.00 bits per heavy atom. The molecule has 1 atom stereocenters. The smallest absolute Gasteiger partial charge is 0.264 e. The molecule has 132 valence electrons. The zero-order chi connectivity index (χ0) is 18.0. The molecule has 1 aliphatic heterocycles. The molecule has 3 N–H and O–H groups in total. The number of nitrogens with zero attached hydrogens (tertiary/aromatic N) is 2. The van der Waals surface area contributed by atoms with Gasteiger partial charge in [0.1, 0.15) is 11.4 Å². The topological polar surface area (TPSA) is 92.1 Å². The summed E-state index contributed by atoms with van der Waals surface area (Å²) in [6.07, 6.45) is 4.10. The van der Waals surface area contributed by atoms with Crippen LogP contribution in [0.3, 0.4) is 0 Å². The van der Waals surface area contributed by atoms with Gasteiger partial charge in [-0.2, -0.15) is 0 Å². The molecule has 1 aliphatic rings. The Morgan fingerprint density at radius 1 is 1.28 bits per heavy atom. The van der Waals surface area contributed by atoms with Crippen LogP contribution in [0, 0.1) is 0 Å². The fraction of sp³-hybridized carbons (Fsp3) is 0.353. The molecule has 2 aromatic rings. The molecule has 1 amide bonds. The SMILES string of the molecule is NCC1CCCCN1C(=O)c1cnc(-c2cc(Cl)cc(Cl)c2)[nH]c1=O. The summed E-state index contributed by atoms with van der Waals surface area (Å²) in [5, 5.41) is 0.869. The molecule has 3 rings (SSSR count). The molecular weight excluding hydrogens is 363 g/mol. The maximum Gasteiger partial charge on any atom is 0.264 e. The minimum Gasteiger partial charge on any atom is -0.334 e. The van der Waals surface area contributed by atoms with Gasteiger partial charge in [0, 0.05) is 40.9 Å². The molecule has 1 aromatic carbocycles. The Balaban J connectivity index is 1.91. The van der Waals surface area contributed by atoms with Crippen molar-refractivity contribution in [1.82, 2.24) is 14.9 Å². The molecule has 8 heteroatoms. The monoisotopic (exact) mass is 380 g/mol. The Kier molecular flexibility index (Phi) is 5.42. The van der Waals surface area contributed by atoms with Crippen LogP contribution < -0.4 is 11.3 Å². The van der Waals surface area contributed by atoms with Crippen LogP contribution in [-0.4, -0.2) is 39.9 Å². The van der Waals surface area contributed by atoms with Gasteiger partial charge in [0.25, 0.3) is 11.5 Å². The number of piperidine rings is 1. The Hall–Kier alpha value is -1.89. The summed E-state index contributed by atoms with van der Waals surface area (Å²) in [7, 11) is 0. The number of hydrogen-bond donors (Lipinski definition) is 2. The number of carbonyl (C=O) groups is 1. The van der Waals surface area contributed by atoms with E-state index in [2.05, 4.69) is 9.97 Å². The van der Waals surface area contributed by atoms with Crippen molar-refractivity contribution < 1.29 is 4.79 Å². The molecule has 1 unspecified atom stereocenters. The fourth-order valence-electron chi connectivity index (χ4n) is 3.05. The predicted molar refractivity (Wildman–Crippen MR) is 98.0 cm³/mol. The maximum absolute atomic E-state index is 12.7. The number of halogens is 2. The van der Waals surface area contributed by atoms with Gasteiger partial charge >= 0.3 is 0 Å². The molecule has 0 aliphatic carbocycles. The van der Waals surface area contributed by atoms with Gasteiger partial charge in [-0.1, -0.05) is 23.2 Å². The van der Waals surface area contributed by atoms with Crippen LogP contribution in [-0.2, 0) is 0 Å². The Morgan fingerprint density at radius 3 is 2.64 bits per heavy atom. The normalized spacial score (nSPS) is 17.6. The van der Waals surface area contributed by atoms with Gasteiger partial charge < -0.3 is 15.6 Å². The summed E-state index contributed by atoms with van der Waals surface area (Å²) in [4.78, 5) is 33.7. The lowest BCUT2D eigenvalue weighted by molar-refractivity contribution is 0.0621. The average molecular weight is 381 g/mol. The second-order valence-corrected chi connectivity index (χ2v) is 6.89. The molecular formula is C17H18Cl2N4O2. The first-order valence-corrected chi connectivity index (χ1v) is 8.82. The maximum atomic E-state index is 12.7. The highest BCUT2D eigenvalue weighted by molar-refractivity contribution is 6.35. The van der Waals surface area contributed by atoms with Crippen LogP contribution in [0.5, 0.6) is 0 Å². The second kappa shape index (κ2) is 7.56. The number of carbonyl (C=O) groups excluding carboxylic acids is 1. The first kappa shape index (κ1) is 17.9. The van der Waals surface area contributed by atoms with E-state index in [0.717, 1.165) is 19.3 Å². The van der Waals surface area contributed by atoms with Crippen LogP contribution in [0.1, 0.15) is 29.6 Å². The lowest BCUT2D eigenvalue weighted by atomic mass is 10.0. The number of amides is 1. The number of H-pyrrole nitrogens is 1. The van der Waals surface area contributed by atoms with Gasteiger partial charge in [-0.15, -0.1) is 0 Å². The highest BCUT2D eigenvalue weighted by atomic mass is 35.5. The van der Waals surface area contributed by atoms with Crippen molar-refractivity contribution in [2.24, 2.45) is 5.73 Å². The van der Waals surface area contributed by atoms with E-state index in [-0.39, 0.29) is 17.5 Å². The van der Waals surface area contributed by atoms with E-state index in [1.165, 1.54) is 6.20 Å². The lowest BCUT2D eigenvalue weighted by Gasteiger charge is -2.34. The first-order chi connectivity index (χ1) is 12.0. The third-order valence-electron chi connectivity index (χ3n) is 4.33. The van der Waals surface area contributed by atoms with Crippen molar-refractivity contribution >= 4 is 29.1 Å². The van der Waals surface area contributed by atoms with Crippen molar-refractivity contribution in [3.8, 4) is 11.4 Å². The molecule has 6 nitrogen and oxygen atoms in total. The number of aromatic amines is 1. The number of likely N-dealkylation sites (tertiary alicyclic amines) is 1. The summed E-state index contributed by atoms with van der Waals surface area (Å²) < 4.78 is 0. The number of nitrogens with one attached hydrogen (secondary N) is 1. The third kappa shape index (κ3) is 3.86. The molecule has 1 aromatic heterocycles. The van der Waals surface area contributed by atoms with Gasteiger partial charge in [-0.05, 0) is 37.5 Å². The molecule has 0 radical (unpaired) electrons. The summed E-state index contributed by atoms with van der Waals surface area (Å²) in [5.74, 6) is -0.0282. The van der Waals surface area contributed by atoms with E-state index in [0.29, 0.717) is 34.5 Å².